The van der Waals surface area contributed by atoms with Crippen LogP contribution in [0.2, 0.25) is 0 Å². The summed E-state index contributed by atoms with van der Waals surface area (Å²) in [6.45, 7) is 3.76. The molecular formula is C20H24N2O2. The van der Waals surface area contributed by atoms with Gasteiger partial charge >= 0.3 is 0 Å². The van der Waals surface area contributed by atoms with Crippen LogP contribution in [0.3, 0.4) is 0 Å². The second kappa shape index (κ2) is 6.42. The van der Waals surface area contributed by atoms with Crippen molar-refractivity contribution in [2.75, 3.05) is 13.1 Å². The number of likely N-dealkylation sites (tertiary alicyclic amines) is 1. The highest BCUT2D eigenvalue weighted by molar-refractivity contribution is 5.92. The Balaban J connectivity index is 1.31. The van der Waals surface area contributed by atoms with Gasteiger partial charge < -0.3 is 9.42 Å². The number of aromatic nitrogens is 1. The summed E-state index contributed by atoms with van der Waals surface area (Å²) in [6.07, 6.45) is 5.55. The van der Waals surface area contributed by atoms with Gasteiger partial charge in [-0.15, -0.1) is 0 Å². The van der Waals surface area contributed by atoms with E-state index < -0.39 is 0 Å². The monoisotopic (exact) mass is 324 g/mol. The third-order valence-corrected chi connectivity index (χ3v) is 5.27. The summed E-state index contributed by atoms with van der Waals surface area (Å²) in [5, 5.41) is 3.98. The maximum Gasteiger partial charge on any atom is 0.276 e. The van der Waals surface area contributed by atoms with Crippen molar-refractivity contribution in [1.82, 2.24) is 10.1 Å². The van der Waals surface area contributed by atoms with E-state index in [0.717, 1.165) is 51.0 Å². The fourth-order valence-electron chi connectivity index (χ4n) is 3.51. The Morgan fingerprint density at radius 2 is 1.88 bits per heavy atom. The van der Waals surface area contributed by atoms with Gasteiger partial charge in [-0.2, -0.15) is 0 Å². The Labute approximate surface area is 142 Å². The molecule has 1 saturated heterocycles. The first kappa shape index (κ1) is 15.4. The molecule has 4 nitrogen and oxygen atoms in total. The first-order chi connectivity index (χ1) is 11.7. The predicted octanol–water partition coefficient (Wildman–Crippen LogP) is 3.96. The molecule has 2 heterocycles. The maximum atomic E-state index is 12.6. The number of nitrogens with zero attached hydrogens (tertiary/aromatic N) is 2. The molecule has 1 aromatic heterocycles. The van der Waals surface area contributed by atoms with Crippen LogP contribution in [0, 0.1) is 12.8 Å². The van der Waals surface area contributed by atoms with Gasteiger partial charge in [0.05, 0.1) is 0 Å². The van der Waals surface area contributed by atoms with E-state index in [1.165, 1.54) is 11.1 Å². The van der Waals surface area contributed by atoms with E-state index in [4.69, 9.17) is 4.52 Å². The van der Waals surface area contributed by atoms with Gasteiger partial charge in [0.25, 0.3) is 5.91 Å². The van der Waals surface area contributed by atoms with Gasteiger partial charge in [0.15, 0.2) is 5.69 Å². The molecular weight excluding hydrogens is 300 g/mol. The summed E-state index contributed by atoms with van der Waals surface area (Å²) in [6, 6.07) is 10.6. The molecule has 2 aliphatic rings. The molecule has 0 radical (unpaired) electrons. The lowest BCUT2D eigenvalue weighted by atomic mass is 9.90. The Bertz CT molecular complexity index is 707. The summed E-state index contributed by atoms with van der Waals surface area (Å²) < 4.78 is 5.31. The second-order valence-corrected chi connectivity index (χ2v) is 7.31. The molecule has 2 fully saturated rings. The molecule has 2 aromatic rings. The zero-order chi connectivity index (χ0) is 16.5. The highest BCUT2D eigenvalue weighted by Crippen LogP contribution is 2.40. The Morgan fingerprint density at radius 3 is 2.54 bits per heavy atom. The third kappa shape index (κ3) is 3.37. The third-order valence-electron chi connectivity index (χ3n) is 5.27. The number of piperidine rings is 1. The molecule has 0 N–H and O–H groups in total. The van der Waals surface area contributed by atoms with Crippen LogP contribution >= 0.6 is 0 Å². The lowest BCUT2D eigenvalue weighted by molar-refractivity contribution is 0.0680. The van der Waals surface area contributed by atoms with Crippen LogP contribution in [0.25, 0.3) is 0 Å². The zero-order valence-electron chi connectivity index (χ0n) is 14.2. The zero-order valence-corrected chi connectivity index (χ0v) is 14.2. The van der Waals surface area contributed by atoms with Crippen molar-refractivity contribution in [1.29, 1.82) is 0 Å². The van der Waals surface area contributed by atoms with Gasteiger partial charge in [-0.3, -0.25) is 4.79 Å². The van der Waals surface area contributed by atoms with Crippen LogP contribution in [0.4, 0.5) is 0 Å². The fraction of sp³-hybridized carbons (Fsp3) is 0.500. The number of carbonyl (C=O) groups excluding carboxylic acids is 1. The smallest absolute Gasteiger partial charge is 0.276 e. The minimum atomic E-state index is 0.0273. The van der Waals surface area contributed by atoms with Gasteiger partial charge in [-0.25, -0.2) is 0 Å². The van der Waals surface area contributed by atoms with Crippen molar-refractivity contribution in [3.05, 3.63) is 52.9 Å². The SMILES string of the molecule is Cc1ccc(CC2CCN(C(=O)c3cc(C4CC4)on3)CC2)cc1. The molecule has 126 valence electrons. The van der Waals surface area contributed by atoms with Gasteiger partial charge in [0.2, 0.25) is 0 Å². The number of amides is 1. The summed E-state index contributed by atoms with van der Waals surface area (Å²) in [5.74, 6) is 2.07. The van der Waals surface area contributed by atoms with Crippen molar-refractivity contribution in [2.24, 2.45) is 5.92 Å². The Morgan fingerprint density at radius 1 is 1.17 bits per heavy atom. The largest absolute Gasteiger partial charge is 0.360 e. The minimum absolute atomic E-state index is 0.0273. The molecule has 0 bridgehead atoms. The van der Waals surface area contributed by atoms with Crippen molar-refractivity contribution < 1.29 is 9.32 Å². The van der Waals surface area contributed by atoms with E-state index in [-0.39, 0.29) is 5.91 Å². The number of hydrogen-bond donors (Lipinski definition) is 0. The maximum absolute atomic E-state index is 12.6. The van der Waals surface area contributed by atoms with Crippen LogP contribution in [0.5, 0.6) is 0 Å². The highest BCUT2D eigenvalue weighted by Gasteiger charge is 2.31. The van der Waals surface area contributed by atoms with Gasteiger partial charge in [-0.05, 0) is 50.5 Å². The number of carbonyl (C=O) groups is 1. The Hall–Kier alpha value is -2.10. The molecule has 4 heteroatoms. The second-order valence-electron chi connectivity index (χ2n) is 7.31. The quantitative estimate of drug-likeness (QED) is 0.855. The van der Waals surface area contributed by atoms with E-state index in [1.807, 2.05) is 11.0 Å². The average molecular weight is 324 g/mol. The van der Waals surface area contributed by atoms with E-state index >= 15 is 0 Å². The molecule has 1 amide bonds. The number of aryl methyl sites for hydroxylation is 1. The molecule has 4 rings (SSSR count). The predicted molar refractivity (Wildman–Crippen MR) is 92.0 cm³/mol. The van der Waals surface area contributed by atoms with Crippen molar-refractivity contribution >= 4 is 5.91 Å². The molecule has 1 aliphatic heterocycles. The highest BCUT2D eigenvalue weighted by atomic mass is 16.5. The molecule has 0 atom stereocenters. The number of hydrogen-bond acceptors (Lipinski definition) is 3. The van der Waals surface area contributed by atoms with Crippen molar-refractivity contribution in [2.45, 2.75) is 44.9 Å². The van der Waals surface area contributed by atoms with Crippen molar-refractivity contribution in [3.63, 3.8) is 0 Å². The molecule has 1 saturated carbocycles. The Kier molecular flexibility index (Phi) is 4.13. The number of rotatable bonds is 4. The summed E-state index contributed by atoms with van der Waals surface area (Å²) in [5.41, 5.74) is 3.18. The van der Waals surface area contributed by atoms with E-state index in [0.29, 0.717) is 17.5 Å². The normalized spacial score (nSPS) is 18.8. The van der Waals surface area contributed by atoms with Crippen LogP contribution < -0.4 is 0 Å². The van der Waals surface area contributed by atoms with Crippen LogP contribution in [-0.4, -0.2) is 29.1 Å². The van der Waals surface area contributed by atoms with E-state index in [2.05, 4.69) is 36.3 Å². The van der Waals surface area contributed by atoms with E-state index in [9.17, 15) is 4.79 Å². The summed E-state index contributed by atoms with van der Waals surface area (Å²) >= 11 is 0. The lowest BCUT2D eigenvalue weighted by Gasteiger charge is -2.31. The molecule has 1 aliphatic carbocycles. The van der Waals surface area contributed by atoms with Crippen molar-refractivity contribution in [3.8, 4) is 0 Å². The number of benzene rings is 1. The molecule has 1 aromatic carbocycles. The average Bonchev–Trinajstić information content (AvgIpc) is 3.34. The molecule has 0 unspecified atom stereocenters. The van der Waals surface area contributed by atoms with Gasteiger partial charge in [0, 0.05) is 25.1 Å². The van der Waals surface area contributed by atoms with Gasteiger partial charge in [0.1, 0.15) is 5.76 Å². The summed E-state index contributed by atoms with van der Waals surface area (Å²) in [7, 11) is 0. The van der Waals surface area contributed by atoms with Crippen LogP contribution in [0.15, 0.2) is 34.9 Å². The molecule has 0 spiro atoms. The fourth-order valence-corrected chi connectivity index (χ4v) is 3.51. The standard InChI is InChI=1S/C20H24N2O2/c1-14-2-4-15(5-3-14)12-16-8-10-22(11-9-16)20(23)18-13-19(24-21-18)17-6-7-17/h2-5,13,16-17H,6-12H2,1H3. The van der Waals surface area contributed by atoms with E-state index in [1.54, 1.807) is 0 Å². The minimum Gasteiger partial charge on any atom is -0.360 e. The lowest BCUT2D eigenvalue weighted by Crippen LogP contribution is -2.39. The van der Waals surface area contributed by atoms with Gasteiger partial charge in [-0.1, -0.05) is 35.0 Å². The molecule has 24 heavy (non-hydrogen) atoms. The van der Waals surface area contributed by atoms with Crippen LogP contribution in [0.1, 0.15) is 59.0 Å². The topological polar surface area (TPSA) is 46.3 Å². The first-order valence-electron chi connectivity index (χ1n) is 9.00. The van der Waals surface area contributed by atoms with Crippen LogP contribution in [-0.2, 0) is 6.42 Å². The summed E-state index contributed by atoms with van der Waals surface area (Å²) in [4.78, 5) is 14.5. The first-order valence-corrected chi connectivity index (χ1v) is 9.00.